The van der Waals surface area contributed by atoms with Crippen molar-refractivity contribution in [2.45, 2.75) is 19.8 Å². The molecule has 2 rings (SSSR count). The van der Waals surface area contributed by atoms with Gasteiger partial charge in [0.25, 0.3) is 5.56 Å². The minimum atomic E-state index is -1.00. The molecule has 0 fully saturated rings. The topological polar surface area (TPSA) is 116 Å². The quantitative estimate of drug-likeness (QED) is 0.809. The first-order valence-corrected chi connectivity index (χ1v) is 7.42. The molecule has 0 radical (unpaired) electrons. The van der Waals surface area contributed by atoms with Gasteiger partial charge < -0.3 is 15.5 Å². The number of unbranched alkanes of at least 4 members (excludes halogenated alkanes) is 1. The van der Waals surface area contributed by atoms with E-state index in [1.54, 1.807) is 12.1 Å². The van der Waals surface area contributed by atoms with Crippen LogP contribution < -0.4 is 16.0 Å². The van der Waals surface area contributed by atoms with Crippen LogP contribution in [-0.2, 0) is 0 Å². The summed E-state index contributed by atoms with van der Waals surface area (Å²) in [4.78, 5) is 14.0. The van der Waals surface area contributed by atoms with Crippen LogP contribution in [0.2, 0.25) is 0 Å². The third-order valence-corrected chi connectivity index (χ3v) is 3.50. The fraction of sp³-hybridized carbons (Fsp3) is 0.235. The minimum Gasteiger partial charge on any atom is -0.488 e. The smallest absolute Gasteiger partial charge is 0.268 e. The molecule has 0 unspecified atom stereocenters. The zero-order valence-corrected chi connectivity index (χ0v) is 13.3. The second-order valence-corrected chi connectivity index (χ2v) is 5.19. The van der Waals surface area contributed by atoms with E-state index in [1.165, 1.54) is 0 Å². The minimum absolute atomic E-state index is 0.147. The number of aromatic nitrogens is 1. The second-order valence-electron chi connectivity index (χ2n) is 5.19. The van der Waals surface area contributed by atoms with E-state index < -0.39 is 28.5 Å². The van der Waals surface area contributed by atoms with E-state index in [1.807, 2.05) is 6.92 Å². The van der Waals surface area contributed by atoms with Gasteiger partial charge in [-0.05, 0) is 24.1 Å². The van der Waals surface area contributed by atoms with Crippen LogP contribution in [0.25, 0.3) is 11.1 Å². The number of rotatable bonds is 5. The summed E-state index contributed by atoms with van der Waals surface area (Å²) in [6, 6.07) is 5.18. The van der Waals surface area contributed by atoms with Crippen LogP contribution in [0, 0.1) is 34.3 Å². The first kappa shape index (κ1) is 18.0. The number of nitrogens with one attached hydrogen (secondary N) is 1. The number of halogens is 2. The van der Waals surface area contributed by atoms with Crippen LogP contribution in [0.1, 0.15) is 30.9 Å². The molecule has 0 spiro atoms. The van der Waals surface area contributed by atoms with Crippen molar-refractivity contribution in [3.8, 4) is 29.0 Å². The molecular formula is C17H14F2N4O2. The Balaban J connectivity index is 2.67. The summed E-state index contributed by atoms with van der Waals surface area (Å²) in [6.07, 6.45) is 1.42. The van der Waals surface area contributed by atoms with E-state index >= 15 is 0 Å². The molecule has 0 amide bonds. The number of benzene rings is 1. The Kier molecular flexibility index (Phi) is 5.35. The maximum absolute atomic E-state index is 14.2. The Morgan fingerprint density at radius 1 is 1.20 bits per heavy atom. The molecule has 0 atom stereocenters. The van der Waals surface area contributed by atoms with Gasteiger partial charge >= 0.3 is 0 Å². The van der Waals surface area contributed by atoms with Gasteiger partial charge in [-0.3, -0.25) is 4.79 Å². The summed E-state index contributed by atoms with van der Waals surface area (Å²) in [5, 5.41) is 18.4. The van der Waals surface area contributed by atoms with Crippen LogP contribution in [-0.4, -0.2) is 11.6 Å². The van der Waals surface area contributed by atoms with Crippen LogP contribution in [0.5, 0.6) is 5.75 Å². The summed E-state index contributed by atoms with van der Waals surface area (Å²) in [6.45, 7) is 2.05. The third kappa shape index (κ3) is 3.43. The Morgan fingerprint density at radius 3 is 2.32 bits per heavy atom. The highest BCUT2D eigenvalue weighted by Gasteiger charge is 2.21. The van der Waals surface area contributed by atoms with E-state index in [9.17, 15) is 24.1 Å². The van der Waals surface area contributed by atoms with Gasteiger partial charge in [-0.1, -0.05) is 13.3 Å². The number of pyridine rings is 1. The molecular weight excluding hydrogens is 330 g/mol. The molecule has 0 aliphatic rings. The lowest BCUT2D eigenvalue weighted by Gasteiger charge is -2.12. The Labute approximate surface area is 142 Å². The fourth-order valence-corrected chi connectivity index (χ4v) is 2.29. The first-order valence-electron chi connectivity index (χ1n) is 7.42. The number of nitriles is 2. The van der Waals surface area contributed by atoms with E-state index in [4.69, 9.17) is 10.5 Å². The fourth-order valence-electron chi connectivity index (χ4n) is 2.29. The maximum atomic E-state index is 14.2. The number of aromatic amines is 1. The number of H-pyrrole nitrogens is 1. The van der Waals surface area contributed by atoms with Crippen molar-refractivity contribution in [2.24, 2.45) is 0 Å². The van der Waals surface area contributed by atoms with E-state index in [0.717, 1.165) is 18.6 Å². The van der Waals surface area contributed by atoms with Crippen molar-refractivity contribution in [3.63, 3.8) is 0 Å². The number of nitrogen functional groups attached to an aromatic ring is 1. The Morgan fingerprint density at radius 2 is 1.80 bits per heavy atom. The van der Waals surface area contributed by atoms with Gasteiger partial charge in [0.15, 0.2) is 17.4 Å². The maximum Gasteiger partial charge on any atom is 0.268 e. The highest BCUT2D eigenvalue weighted by molar-refractivity contribution is 5.80. The number of nitrogens with two attached hydrogens (primary N) is 1. The molecule has 0 aliphatic carbocycles. The molecule has 1 aromatic carbocycles. The molecule has 0 saturated heterocycles. The monoisotopic (exact) mass is 344 g/mol. The zero-order valence-electron chi connectivity index (χ0n) is 13.3. The van der Waals surface area contributed by atoms with Crippen molar-refractivity contribution in [1.82, 2.24) is 4.98 Å². The third-order valence-electron chi connectivity index (χ3n) is 3.50. The number of ether oxygens (including phenoxy) is 1. The average molecular weight is 344 g/mol. The molecule has 8 heteroatoms. The number of hydrogen-bond donors (Lipinski definition) is 2. The van der Waals surface area contributed by atoms with Crippen molar-refractivity contribution < 1.29 is 13.5 Å². The predicted molar refractivity (Wildman–Crippen MR) is 86.7 cm³/mol. The summed E-state index contributed by atoms with van der Waals surface area (Å²) in [5.41, 5.74) is 3.67. The zero-order chi connectivity index (χ0) is 18.6. The van der Waals surface area contributed by atoms with Crippen molar-refractivity contribution in [1.29, 1.82) is 10.5 Å². The van der Waals surface area contributed by atoms with Gasteiger partial charge in [0.1, 0.15) is 29.1 Å². The van der Waals surface area contributed by atoms with Crippen LogP contribution in [0.4, 0.5) is 14.6 Å². The molecule has 128 valence electrons. The normalized spacial score (nSPS) is 10.1. The largest absolute Gasteiger partial charge is 0.488 e. The summed E-state index contributed by atoms with van der Waals surface area (Å²) in [5.74, 6) is -2.84. The second kappa shape index (κ2) is 7.45. The van der Waals surface area contributed by atoms with Crippen LogP contribution in [0.15, 0.2) is 16.9 Å². The van der Waals surface area contributed by atoms with Gasteiger partial charge in [-0.15, -0.1) is 0 Å². The summed E-state index contributed by atoms with van der Waals surface area (Å²) in [7, 11) is 0. The Hall–Kier alpha value is -3.39. The van der Waals surface area contributed by atoms with Crippen molar-refractivity contribution >= 4 is 5.82 Å². The van der Waals surface area contributed by atoms with E-state index in [-0.39, 0.29) is 29.1 Å². The lowest BCUT2D eigenvalue weighted by molar-refractivity contribution is 0.279. The van der Waals surface area contributed by atoms with Gasteiger partial charge in [-0.2, -0.15) is 10.5 Å². The Bertz CT molecular complexity index is 932. The molecule has 2 aromatic rings. The molecule has 25 heavy (non-hydrogen) atoms. The van der Waals surface area contributed by atoms with Crippen molar-refractivity contribution in [3.05, 3.63) is 45.2 Å². The van der Waals surface area contributed by atoms with E-state index in [2.05, 4.69) is 4.98 Å². The lowest BCUT2D eigenvalue weighted by Crippen LogP contribution is -2.16. The molecule has 0 bridgehead atoms. The van der Waals surface area contributed by atoms with Gasteiger partial charge in [0.05, 0.1) is 6.61 Å². The van der Waals surface area contributed by atoms with Crippen LogP contribution >= 0.6 is 0 Å². The molecule has 3 N–H and O–H groups in total. The van der Waals surface area contributed by atoms with Gasteiger partial charge in [0, 0.05) is 5.56 Å². The van der Waals surface area contributed by atoms with E-state index in [0.29, 0.717) is 6.42 Å². The highest BCUT2D eigenvalue weighted by Crippen LogP contribution is 2.33. The molecule has 0 aliphatic heterocycles. The SMILES string of the molecule is CCCCOc1c(F)cc(-c2c(C#N)c(N)[nH]c(=O)c2C#N)cc1F. The first-order chi connectivity index (χ1) is 11.9. The standard InChI is InChI=1S/C17H14F2N4O2/c1-2-3-4-25-15-12(18)5-9(6-13(15)19)14-10(7-20)16(22)23-17(24)11(14)8-21/h5-6H,2-4H2,1H3,(H3,22,23,24). The van der Waals surface area contributed by atoms with Gasteiger partial charge in [0.2, 0.25) is 0 Å². The van der Waals surface area contributed by atoms with Crippen molar-refractivity contribution in [2.75, 3.05) is 12.3 Å². The van der Waals surface area contributed by atoms with Gasteiger partial charge in [-0.25, -0.2) is 8.78 Å². The summed E-state index contributed by atoms with van der Waals surface area (Å²) >= 11 is 0. The predicted octanol–water partition coefficient (Wildman–Crippen LogP) is 2.82. The number of hydrogen-bond acceptors (Lipinski definition) is 5. The lowest BCUT2D eigenvalue weighted by atomic mass is 9.96. The average Bonchev–Trinajstić information content (AvgIpc) is 2.56. The molecule has 6 nitrogen and oxygen atoms in total. The highest BCUT2D eigenvalue weighted by atomic mass is 19.1. The number of nitrogens with zero attached hydrogens (tertiary/aromatic N) is 2. The van der Waals surface area contributed by atoms with Crippen LogP contribution in [0.3, 0.4) is 0 Å². The molecule has 0 saturated carbocycles. The number of anilines is 1. The molecule has 1 heterocycles. The summed E-state index contributed by atoms with van der Waals surface area (Å²) < 4.78 is 33.6. The molecule has 1 aromatic heterocycles.